The first-order chi connectivity index (χ1) is 10.2. The molecule has 1 aromatic heterocycles. The van der Waals surface area contributed by atoms with Gasteiger partial charge in [0.1, 0.15) is 11.6 Å². The van der Waals surface area contributed by atoms with E-state index in [9.17, 15) is 8.78 Å². The highest BCUT2D eigenvalue weighted by Crippen LogP contribution is 2.16. The van der Waals surface area contributed by atoms with Crippen molar-refractivity contribution in [2.45, 2.75) is 6.54 Å². The maximum Gasteiger partial charge on any atom is 0.128 e. The van der Waals surface area contributed by atoms with Crippen molar-refractivity contribution < 1.29 is 8.78 Å². The summed E-state index contributed by atoms with van der Waals surface area (Å²) in [4.78, 5) is 0. The number of hydrogen-bond acceptors (Lipinski definition) is 2. The summed E-state index contributed by atoms with van der Waals surface area (Å²) in [5, 5.41) is 7.23. The molecule has 0 aliphatic rings. The molecule has 21 heavy (non-hydrogen) atoms. The molecule has 0 aliphatic heterocycles. The van der Waals surface area contributed by atoms with Crippen molar-refractivity contribution in [3.8, 4) is 5.69 Å². The SMILES string of the molecule is Fc1ccc(F)c(CNc2cccc(-n3cccn3)c2)c1. The molecule has 0 unspecified atom stereocenters. The van der Waals surface area contributed by atoms with E-state index >= 15 is 0 Å². The molecule has 1 N–H and O–H groups in total. The average molecular weight is 285 g/mol. The Morgan fingerprint density at radius 3 is 2.76 bits per heavy atom. The molecular weight excluding hydrogens is 272 g/mol. The van der Waals surface area contributed by atoms with Crippen LogP contribution in [0.2, 0.25) is 0 Å². The maximum atomic E-state index is 13.6. The number of halogens is 2. The van der Waals surface area contributed by atoms with Crippen molar-refractivity contribution in [2.24, 2.45) is 0 Å². The van der Waals surface area contributed by atoms with E-state index in [4.69, 9.17) is 0 Å². The summed E-state index contributed by atoms with van der Waals surface area (Å²) in [5.41, 5.74) is 2.00. The quantitative estimate of drug-likeness (QED) is 0.791. The number of nitrogens with zero attached hydrogens (tertiary/aromatic N) is 2. The van der Waals surface area contributed by atoms with E-state index in [1.54, 1.807) is 10.9 Å². The van der Waals surface area contributed by atoms with Gasteiger partial charge in [0.05, 0.1) is 5.69 Å². The largest absolute Gasteiger partial charge is 0.381 e. The third-order valence-electron chi connectivity index (χ3n) is 3.11. The molecule has 0 radical (unpaired) electrons. The lowest BCUT2D eigenvalue weighted by atomic mass is 10.2. The van der Waals surface area contributed by atoms with Crippen molar-refractivity contribution in [3.05, 3.63) is 78.1 Å². The van der Waals surface area contributed by atoms with Gasteiger partial charge < -0.3 is 5.32 Å². The molecule has 0 saturated heterocycles. The van der Waals surface area contributed by atoms with E-state index in [1.807, 2.05) is 36.5 Å². The first kappa shape index (κ1) is 13.3. The molecule has 3 nitrogen and oxygen atoms in total. The molecule has 0 bridgehead atoms. The molecule has 0 saturated carbocycles. The first-order valence-corrected chi connectivity index (χ1v) is 6.50. The lowest BCUT2D eigenvalue weighted by Crippen LogP contribution is -2.03. The molecule has 106 valence electrons. The van der Waals surface area contributed by atoms with Crippen LogP contribution in [-0.2, 0) is 6.54 Å². The number of aromatic nitrogens is 2. The van der Waals surface area contributed by atoms with E-state index in [-0.39, 0.29) is 6.54 Å². The minimum atomic E-state index is -0.446. The smallest absolute Gasteiger partial charge is 0.128 e. The van der Waals surface area contributed by atoms with E-state index in [0.29, 0.717) is 5.56 Å². The zero-order chi connectivity index (χ0) is 14.7. The Hall–Kier alpha value is -2.69. The van der Waals surface area contributed by atoms with Gasteiger partial charge in [-0.1, -0.05) is 6.07 Å². The van der Waals surface area contributed by atoms with Crippen LogP contribution in [0.4, 0.5) is 14.5 Å². The third-order valence-corrected chi connectivity index (χ3v) is 3.11. The van der Waals surface area contributed by atoms with Gasteiger partial charge in [-0.15, -0.1) is 0 Å². The van der Waals surface area contributed by atoms with Crippen LogP contribution < -0.4 is 5.32 Å². The molecule has 0 amide bonds. The van der Waals surface area contributed by atoms with Crippen molar-refractivity contribution in [1.29, 1.82) is 0 Å². The Bertz CT molecular complexity index is 739. The average Bonchev–Trinajstić information content (AvgIpc) is 3.03. The molecule has 3 rings (SSSR count). The standard InChI is InChI=1S/C16H13F2N3/c17-13-5-6-16(18)12(9-13)11-19-14-3-1-4-15(10-14)21-8-2-7-20-21/h1-10,19H,11H2. The van der Waals surface area contributed by atoms with Crippen LogP contribution in [0.5, 0.6) is 0 Å². The summed E-state index contributed by atoms with van der Waals surface area (Å²) >= 11 is 0. The Balaban J connectivity index is 1.76. The molecule has 0 aliphatic carbocycles. The number of anilines is 1. The fourth-order valence-corrected chi connectivity index (χ4v) is 2.06. The van der Waals surface area contributed by atoms with E-state index < -0.39 is 11.6 Å². The Morgan fingerprint density at radius 1 is 1.05 bits per heavy atom. The van der Waals surface area contributed by atoms with Crippen molar-refractivity contribution in [2.75, 3.05) is 5.32 Å². The molecule has 2 aromatic carbocycles. The molecule has 0 spiro atoms. The topological polar surface area (TPSA) is 29.9 Å². The summed E-state index contributed by atoms with van der Waals surface area (Å²) < 4.78 is 28.4. The van der Waals surface area contributed by atoms with E-state index in [1.165, 1.54) is 6.07 Å². The Morgan fingerprint density at radius 2 is 1.95 bits per heavy atom. The summed E-state index contributed by atoms with van der Waals surface area (Å²) in [6, 6.07) is 12.8. The molecule has 1 heterocycles. The van der Waals surface area contributed by atoms with Crippen molar-refractivity contribution >= 4 is 5.69 Å². The van der Waals surface area contributed by atoms with Gasteiger partial charge in [0.15, 0.2) is 0 Å². The Kier molecular flexibility index (Phi) is 3.64. The van der Waals surface area contributed by atoms with Gasteiger partial charge in [-0.05, 0) is 42.5 Å². The van der Waals surface area contributed by atoms with Crippen LogP contribution >= 0.6 is 0 Å². The van der Waals surface area contributed by atoms with E-state index in [2.05, 4.69) is 10.4 Å². The Labute approximate surface area is 120 Å². The molecular formula is C16H13F2N3. The van der Waals surface area contributed by atoms with Crippen LogP contribution in [0.3, 0.4) is 0 Å². The number of hydrogen-bond donors (Lipinski definition) is 1. The molecule has 5 heteroatoms. The van der Waals surface area contributed by atoms with Gasteiger partial charge in [0.2, 0.25) is 0 Å². The second-order valence-electron chi connectivity index (χ2n) is 4.59. The predicted molar refractivity (Wildman–Crippen MR) is 77.2 cm³/mol. The highest BCUT2D eigenvalue weighted by atomic mass is 19.1. The number of benzene rings is 2. The van der Waals surface area contributed by atoms with Crippen LogP contribution in [0.25, 0.3) is 5.69 Å². The zero-order valence-corrected chi connectivity index (χ0v) is 11.1. The summed E-state index contributed by atoms with van der Waals surface area (Å²) in [5.74, 6) is -0.870. The van der Waals surface area contributed by atoms with Gasteiger partial charge in [0, 0.05) is 30.2 Å². The molecule has 0 fully saturated rings. The number of rotatable bonds is 4. The summed E-state index contributed by atoms with van der Waals surface area (Å²) in [7, 11) is 0. The van der Waals surface area contributed by atoms with Gasteiger partial charge in [-0.25, -0.2) is 13.5 Å². The highest BCUT2D eigenvalue weighted by molar-refractivity contribution is 5.51. The second-order valence-corrected chi connectivity index (χ2v) is 4.59. The normalized spacial score (nSPS) is 10.6. The van der Waals surface area contributed by atoms with Gasteiger partial charge >= 0.3 is 0 Å². The predicted octanol–water partition coefficient (Wildman–Crippen LogP) is 3.76. The van der Waals surface area contributed by atoms with Crippen molar-refractivity contribution in [1.82, 2.24) is 9.78 Å². The van der Waals surface area contributed by atoms with Gasteiger partial charge in [-0.2, -0.15) is 5.10 Å². The van der Waals surface area contributed by atoms with Crippen molar-refractivity contribution in [3.63, 3.8) is 0 Å². The van der Waals surface area contributed by atoms with Crippen LogP contribution in [0.1, 0.15) is 5.56 Å². The van der Waals surface area contributed by atoms with Gasteiger partial charge in [-0.3, -0.25) is 0 Å². The minimum Gasteiger partial charge on any atom is -0.381 e. The zero-order valence-electron chi connectivity index (χ0n) is 11.1. The third kappa shape index (κ3) is 3.08. The second kappa shape index (κ2) is 5.75. The minimum absolute atomic E-state index is 0.214. The lowest BCUT2D eigenvalue weighted by Gasteiger charge is -2.09. The van der Waals surface area contributed by atoms with Crippen LogP contribution in [0.15, 0.2) is 60.9 Å². The summed E-state index contributed by atoms with van der Waals surface area (Å²) in [6.07, 6.45) is 3.54. The van der Waals surface area contributed by atoms with Gasteiger partial charge in [0.25, 0.3) is 0 Å². The van der Waals surface area contributed by atoms with E-state index in [0.717, 1.165) is 23.5 Å². The molecule has 3 aromatic rings. The maximum absolute atomic E-state index is 13.6. The monoisotopic (exact) mass is 285 g/mol. The fraction of sp³-hybridized carbons (Fsp3) is 0.0625. The summed E-state index contributed by atoms with van der Waals surface area (Å²) in [6.45, 7) is 0.214. The highest BCUT2D eigenvalue weighted by Gasteiger charge is 2.04. The molecule has 0 atom stereocenters. The fourth-order valence-electron chi connectivity index (χ4n) is 2.06. The van der Waals surface area contributed by atoms with Crippen LogP contribution in [0, 0.1) is 11.6 Å². The lowest BCUT2D eigenvalue weighted by molar-refractivity contribution is 0.587. The number of nitrogens with one attached hydrogen (secondary N) is 1. The first-order valence-electron chi connectivity index (χ1n) is 6.50. The van der Waals surface area contributed by atoms with Crippen LogP contribution in [-0.4, -0.2) is 9.78 Å².